The average Bonchev–Trinajstić information content (AvgIpc) is 3.62. The molecule has 5 aromatic rings. The van der Waals surface area contributed by atoms with Gasteiger partial charge in [-0.3, -0.25) is 19.0 Å². The average molecular weight is 774 g/mol. The molecule has 0 unspecified atom stereocenters. The molecule has 0 spiro atoms. The molecule has 2 aliphatic rings. The van der Waals surface area contributed by atoms with Gasteiger partial charge in [0.05, 0.1) is 29.5 Å². The van der Waals surface area contributed by atoms with Gasteiger partial charge in [0.1, 0.15) is 27.8 Å². The number of aryl methyl sites for hydroxylation is 1. The van der Waals surface area contributed by atoms with Crippen LogP contribution in [0.15, 0.2) is 84.0 Å². The van der Waals surface area contributed by atoms with Crippen LogP contribution in [0.1, 0.15) is 51.7 Å². The Morgan fingerprint density at radius 3 is 2.43 bits per heavy atom. The second-order valence-corrected chi connectivity index (χ2v) is 15.6. The van der Waals surface area contributed by atoms with E-state index in [2.05, 4.69) is 9.97 Å². The van der Waals surface area contributed by atoms with Gasteiger partial charge < -0.3 is 30.3 Å². The number of likely N-dealkylation sites (tertiary alicyclic amines) is 2. The number of thiazole rings is 1. The maximum atomic E-state index is 14.3. The van der Waals surface area contributed by atoms with Gasteiger partial charge in [0.2, 0.25) is 11.8 Å². The first-order valence-electron chi connectivity index (χ1n) is 18.4. The van der Waals surface area contributed by atoms with Gasteiger partial charge in [-0.1, -0.05) is 30.3 Å². The number of carbonyl (C=O) groups is 2. The number of pyridine rings is 1. The van der Waals surface area contributed by atoms with Crippen molar-refractivity contribution in [3.63, 3.8) is 0 Å². The number of nitrogens with two attached hydrogens (primary N) is 1. The van der Waals surface area contributed by atoms with Crippen molar-refractivity contribution in [2.75, 3.05) is 50.9 Å². The largest absolute Gasteiger partial charge is 0.437 e. The number of hydrogen-bond acceptors (Lipinski definition) is 12. The van der Waals surface area contributed by atoms with Crippen LogP contribution in [0.3, 0.4) is 0 Å². The topological polar surface area (TPSA) is 184 Å². The molecule has 3 N–H and O–H groups in total. The molecule has 2 aliphatic heterocycles. The number of amides is 2. The molecular formula is C41H43N9O5S. The number of nitrogen functional groups attached to an aromatic ring is 1. The van der Waals surface area contributed by atoms with E-state index >= 15 is 0 Å². The number of carbonyl (C=O) groups excluding carboxylic acids is 2. The first-order chi connectivity index (χ1) is 26.9. The predicted molar refractivity (Wildman–Crippen MR) is 213 cm³/mol. The minimum atomic E-state index is -1.27. The van der Waals surface area contributed by atoms with E-state index in [0.717, 1.165) is 22.0 Å². The third kappa shape index (κ3) is 7.98. The molecule has 14 nitrogen and oxygen atoms in total. The molecule has 5 heterocycles. The quantitative estimate of drug-likeness (QED) is 0.212. The summed E-state index contributed by atoms with van der Waals surface area (Å²) in [4.78, 5) is 61.1. The summed E-state index contributed by atoms with van der Waals surface area (Å²) in [6, 6.07) is 22.1. The SMILES string of the molecule is Cc1nc(-c2ccc(N(C)C)nc2)sc1C(=O)N1CC[C@@H](C(=O)N2CCC(O)(Cn3cnc(Oc4ccc(C#N)cc4)c(N)c3=O)CC2)[C@H](c2ccccc2)C1. The third-order valence-electron chi connectivity index (χ3n) is 10.6. The van der Waals surface area contributed by atoms with Gasteiger partial charge in [0.15, 0.2) is 5.69 Å². The van der Waals surface area contributed by atoms with Crippen molar-refractivity contribution in [2.45, 2.75) is 44.2 Å². The fraction of sp³-hybridized carbons (Fsp3) is 0.341. The van der Waals surface area contributed by atoms with E-state index in [1.54, 1.807) is 35.4 Å². The van der Waals surface area contributed by atoms with Crippen LogP contribution in [0.4, 0.5) is 11.5 Å². The van der Waals surface area contributed by atoms with E-state index in [1.165, 1.54) is 22.2 Å². The van der Waals surface area contributed by atoms with Crippen molar-refractivity contribution < 1.29 is 19.4 Å². The lowest BCUT2D eigenvalue weighted by Crippen LogP contribution is -2.53. The highest BCUT2D eigenvalue weighted by Crippen LogP contribution is 2.37. The Morgan fingerprint density at radius 2 is 1.77 bits per heavy atom. The Labute approximate surface area is 328 Å². The molecule has 7 rings (SSSR count). The lowest BCUT2D eigenvalue weighted by molar-refractivity contribution is -0.142. The Balaban J connectivity index is 1.01. The number of aliphatic hydroxyl groups is 1. The molecule has 288 valence electrons. The number of rotatable bonds is 9. The van der Waals surface area contributed by atoms with E-state index < -0.39 is 11.2 Å². The van der Waals surface area contributed by atoms with Crippen molar-refractivity contribution in [2.24, 2.45) is 5.92 Å². The second kappa shape index (κ2) is 15.9. The molecule has 2 atom stereocenters. The molecule has 15 heteroatoms. The van der Waals surface area contributed by atoms with Crippen molar-refractivity contribution in [3.8, 4) is 28.3 Å². The van der Waals surface area contributed by atoms with E-state index in [-0.39, 0.29) is 54.6 Å². The standard InChI is InChI=1S/C41H43N9O5S/c1-26-35(56-37(46-26)29-11-14-33(44-22-29)47(2)3)40(53)49-18-15-31(32(23-49)28-7-5-4-6-8-28)38(51)48-19-16-41(54,17-20-48)24-50-25-45-36(34(43)39(50)52)55-30-12-9-27(21-42)10-13-30/h4-14,22,25,31-32,54H,15-20,23-24,43H2,1-3H3/t31-,32+/m1/s1. The molecule has 0 bridgehead atoms. The second-order valence-electron chi connectivity index (χ2n) is 14.6. The third-order valence-corrected chi connectivity index (χ3v) is 11.8. The molecule has 2 fully saturated rings. The molecule has 56 heavy (non-hydrogen) atoms. The summed E-state index contributed by atoms with van der Waals surface area (Å²) in [6.07, 6.45) is 4.06. The molecule has 2 aromatic carbocycles. The minimum Gasteiger partial charge on any atom is -0.437 e. The molecule has 2 amide bonds. The highest BCUT2D eigenvalue weighted by molar-refractivity contribution is 7.17. The Kier molecular flexibility index (Phi) is 10.9. The molecule has 2 saturated heterocycles. The van der Waals surface area contributed by atoms with Crippen molar-refractivity contribution >= 4 is 34.7 Å². The highest BCUT2D eigenvalue weighted by atomic mass is 32.1. The fourth-order valence-electron chi connectivity index (χ4n) is 7.36. The van der Waals surface area contributed by atoms with Crippen LogP contribution in [0.25, 0.3) is 10.6 Å². The number of nitriles is 1. The Bertz CT molecular complexity index is 2310. The fourth-order valence-corrected chi connectivity index (χ4v) is 8.38. The molecular weight excluding hydrogens is 731 g/mol. The van der Waals surface area contributed by atoms with Crippen LogP contribution in [0.5, 0.6) is 11.6 Å². The Morgan fingerprint density at radius 1 is 1.04 bits per heavy atom. The smallest absolute Gasteiger partial charge is 0.280 e. The van der Waals surface area contributed by atoms with Gasteiger partial charge >= 0.3 is 0 Å². The summed E-state index contributed by atoms with van der Waals surface area (Å²) in [5.74, 6) is 0.436. The summed E-state index contributed by atoms with van der Waals surface area (Å²) in [7, 11) is 3.86. The lowest BCUT2D eigenvalue weighted by Gasteiger charge is -2.43. The predicted octanol–water partition coefficient (Wildman–Crippen LogP) is 4.68. The summed E-state index contributed by atoms with van der Waals surface area (Å²) in [5.41, 5.74) is 7.04. The first kappa shape index (κ1) is 38.2. The van der Waals surface area contributed by atoms with Crippen LogP contribution < -0.4 is 20.9 Å². The first-order valence-corrected chi connectivity index (χ1v) is 19.2. The number of aromatic nitrogens is 4. The minimum absolute atomic E-state index is 0.00897. The van der Waals surface area contributed by atoms with Gasteiger partial charge in [-0.2, -0.15) is 5.26 Å². The van der Waals surface area contributed by atoms with Gasteiger partial charge in [-0.25, -0.2) is 15.0 Å². The van der Waals surface area contributed by atoms with E-state index in [4.69, 9.17) is 20.7 Å². The van der Waals surface area contributed by atoms with Crippen LogP contribution in [0, 0.1) is 24.2 Å². The van der Waals surface area contributed by atoms with Crippen LogP contribution in [-0.4, -0.2) is 92.1 Å². The van der Waals surface area contributed by atoms with Gasteiger partial charge in [0, 0.05) is 63.9 Å². The van der Waals surface area contributed by atoms with Crippen LogP contribution in [0.2, 0.25) is 0 Å². The maximum absolute atomic E-state index is 14.3. The van der Waals surface area contributed by atoms with Gasteiger partial charge in [-0.15, -0.1) is 11.3 Å². The van der Waals surface area contributed by atoms with Gasteiger partial charge in [0.25, 0.3) is 11.5 Å². The normalized spacial score (nSPS) is 17.9. The molecule has 3 aromatic heterocycles. The molecule has 0 radical (unpaired) electrons. The summed E-state index contributed by atoms with van der Waals surface area (Å²) >= 11 is 1.36. The number of anilines is 2. The monoisotopic (exact) mass is 773 g/mol. The van der Waals surface area contributed by atoms with Crippen molar-refractivity contribution in [1.29, 1.82) is 5.26 Å². The van der Waals surface area contributed by atoms with Crippen LogP contribution >= 0.6 is 11.3 Å². The summed E-state index contributed by atoms with van der Waals surface area (Å²) < 4.78 is 6.95. The Hall–Kier alpha value is -6.11. The number of ether oxygens (including phenoxy) is 1. The van der Waals surface area contributed by atoms with E-state index in [0.29, 0.717) is 54.5 Å². The number of benzene rings is 2. The summed E-state index contributed by atoms with van der Waals surface area (Å²) in [5, 5.41) is 21.3. The highest BCUT2D eigenvalue weighted by Gasteiger charge is 2.42. The maximum Gasteiger partial charge on any atom is 0.280 e. The zero-order valence-electron chi connectivity index (χ0n) is 31.5. The summed E-state index contributed by atoms with van der Waals surface area (Å²) in [6.45, 7) is 3.21. The zero-order chi connectivity index (χ0) is 39.6. The van der Waals surface area contributed by atoms with Gasteiger partial charge in [-0.05, 0) is 68.1 Å². The van der Waals surface area contributed by atoms with E-state index in [9.17, 15) is 19.5 Å². The number of nitrogens with zero attached hydrogens (tertiary/aromatic N) is 8. The number of piperidine rings is 2. The van der Waals surface area contributed by atoms with Crippen LogP contribution in [-0.2, 0) is 11.3 Å². The lowest BCUT2D eigenvalue weighted by atomic mass is 9.79. The zero-order valence-corrected chi connectivity index (χ0v) is 32.3. The number of hydrogen-bond donors (Lipinski definition) is 2. The van der Waals surface area contributed by atoms with E-state index in [1.807, 2.05) is 79.4 Å². The molecule has 0 saturated carbocycles. The molecule has 0 aliphatic carbocycles. The van der Waals surface area contributed by atoms with Crippen molar-refractivity contribution in [1.82, 2.24) is 29.3 Å². The van der Waals surface area contributed by atoms with Crippen molar-refractivity contribution in [3.05, 3.63) is 111 Å².